The Bertz CT molecular complexity index is 562. The fraction of sp³-hybridized carbons (Fsp3) is 0.471. The highest BCUT2D eigenvalue weighted by molar-refractivity contribution is 7.13. The minimum atomic E-state index is 0.647. The zero-order chi connectivity index (χ0) is 13.9. The van der Waals surface area contributed by atoms with Crippen molar-refractivity contribution in [2.45, 2.75) is 45.6 Å². The van der Waals surface area contributed by atoms with E-state index in [0.29, 0.717) is 6.04 Å². The van der Waals surface area contributed by atoms with Gasteiger partial charge in [-0.1, -0.05) is 19.4 Å². The van der Waals surface area contributed by atoms with Crippen molar-refractivity contribution >= 4 is 17.0 Å². The van der Waals surface area contributed by atoms with E-state index in [2.05, 4.69) is 41.9 Å². The van der Waals surface area contributed by atoms with Crippen molar-refractivity contribution in [2.75, 3.05) is 11.4 Å². The normalized spacial score (nSPS) is 16.0. The second-order valence-electron chi connectivity index (χ2n) is 5.64. The lowest BCUT2D eigenvalue weighted by atomic mass is 9.97. The van der Waals surface area contributed by atoms with Crippen molar-refractivity contribution < 1.29 is 0 Å². The first-order valence-corrected chi connectivity index (χ1v) is 8.46. The van der Waals surface area contributed by atoms with E-state index in [-0.39, 0.29) is 0 Å². The average molecular weight is 286 g/mol. The summed E-state index contributed by atoms with van der Waals surface area (Å²) in [4.78, 5) is 8.05. The number of aromatic nitrogens is 1. The van der Waals surface area contributed by atoms with Crippen molar-refractivity contribution in [3.05, 3.63) is 35.5 Å². The summed E-state index contributed by atoms with van der Waals surface area (Å²) in [6, 6.07) is 7.58. The Balaban J connectivity index is 1.92. The Morgan fingerprint density at radius 2 is 2.30 bits per heavy atom. The van der Waals surface area contributed by atoms with Gasteiger partial charge in [-0.15, -0.1) is 11.3 Å². The predicted octanol–water partition coefficient (Wildman–Crippen LogP) is 4.75. The standard InChI is InChI=1S/C17H22N2S/c1-3-5-13(2)19-9-4-6-14-10-15(7-8-16(14)19)17-11-18-12-20-17/h7-8,10-13H,3-6,9H2,1-2H3. The second kappa shape index (κ2) is 5.96. The van der Waals surface area contributed by atoms with Crippen LogP contribution < -0.4 is 4.90 Å². The Labute approximate surface area is 125 Å². The SMILES string of the molecule is CCCC(C)N1CCCc2cc(-c3cncs3)ccc21. The Morgan fingerprint density at radius 3 is 3.05 bits per heavy atom. The topological polar surface area (TPSA) is 16.1 Å². The lowest BCUT2D eigenvalue weighted by Gasteiger charge is -2.36. The van der Waals surface area contributed by atoms with Crippen LogP contribution in [-0.4, -0.2) is 17.6 Å². The molecule has 0 amide bonds. The van der Waals surface area contributed by atoms with Crippen LogP contribution in [0.4, 0.5) is 5.69 Å². The molecule has 2 aromatic rings. The molecule has 0 saturated heterocycles. The highest BCUT2D eigenvalue weighted by atomic mass is 32.1. The summed E-state index contributed by atoms with van der Waals surface area (Å²) in [5.74, 6) is 0. The molecule has 1 aliphatic heterocycles. The molecule has 1 aromatic heterocycles. The van der Waals surface area contributed by atoms with Crippen LogP contribution in [0.2, 0.25) is 0 Å². The summed E-state index contributed by atoms with van der Waals surface area (Å²) in [5, 5.41) is 0. The highest BCUT2D eigenvalue weighted by Crippen LogP contribution is 2.34. The minimum absolute atomic E-state index is 0.647. The molecular formula is C17H22N2S. The number of thiazole rings is 1. The molecule has 0 aliphatic carbocycles. The van der Waals surface area contributed by atoms with E-state index in [9.17, 15) is 0 Å². The molecule has 1 unspecified atom stereocenters. The third-order valence-corrected chi connectivity index (χ3v) is 5.01. The molecule has 0 saturated carbocycles. The molecule has 2 nitrogen and oxygen atoms in total. The molecular weight excluding hydrogens is 264 g/mol. The number of nitrogens with zero attached hydrogens (tertiary/aromatic N) is 2. The zero-order valence-electron chi connectivity index (χ0n) is 12.3. The number of fused-ring (bicyclic) bond motifs is 1. The third-order valence-electron chi connectivity index (χ3n) is 4.19. The van der Waals surface area contributed by atoms with E-state index in [1.807, 2.05) is 11.7 Å². The molecule has 0 spiro atoms. The fourth-order valence-electron chi connectivity index (χ4n) is 3.17. The van der Waals surface area contributed by atoms with Gasteiger partial charge >= 0.3 is 0 Å². The summed E-state index contributed by atoms with van der Waals surface area (Å²) in [6.45, 7) is 5.83. The number of benzene rings is 1. The van der Waals surface area contributed by atoms with E-state index >= 15 is 0 Å². The van der Waals surface area contributed by atoms with E-state index < -0.39 is 0 Å². The molecule has 20 heavy (non-hydrogen) atoms. The van der Waals surface area contributed by atoms with Crippen molar-refractivity contribution in [3.63, 3.8) is 0 Å². The number of rotatable bonds is 4. The number of hydrogen-bond acceptors (Lipinski definition) is 3. The van der Waals surface area contributed by atoms with E-state index in [1.165, 1.54) is 53.9 Å². The molecule has 0 fully saturated rings. The summed E-state index contributed by atoms with van der Waals surface area (Å²) in [5.41, 5.74) is 6.18. The summed E-state index contributed by atoms with van der Waals surface area (Å²) < 4.78 is 0. The van der Waals surface area contributed by atoms with Crippen LogP contribution in [0.25, 0.3) is 10.4 Å². The molecule has 106 valence electrons. The fourth-order valence-corrected chi connectivity index (χ4v) is 3.79. The lowest BCUT2D eigenvalue weighted by molar-refractivity contribution is 0.554. The van der Waals surface area contributed by atoms with Crippen LogP contribution in [0, 0.1) is 0 Å². The van der Waals surface area contributed by atoms with Crippen molar-refractivity contribution in [1.82, 2.24) is 4.98 Å². The van der Waals surface area contributed by atoms with Gasteiger partial charge in [-0.05, 0) is 49.4 Å². The molecule has 3 heteroatoms. The van der Waals surface area contributed by atoms with Crippen LogP contribution in [0.5, 0.6) is 0 Å². The van der Waals surface area contributed by atoms with Gasteiger partial charge in [0.25, 0.3) is 0 Å². The van der Waals surface area contributed by atoms with Gasteiger partial charge in [0.05, 0.1) is 10.4 Å². The van der Waals surface area contributed by atoms with E-state index in [1.54, 1.807) is 11.3 Å². The Kier molecular flexibility index (Phi) is 4.06. The van der Waals surface area contributed by atoms with Crippen molar-refractivity contribution in [1.29, 1.82) is 0 Å². The summed E-state index contributed by atoms with van der Waals surface area (Å²) >= 11 is 1.72. The Hall–Kier alpha value is -1.35. The maximum atomic E-state index is 4.19. The monoisotopic (exact) mass is 286 g/mol. The zero-order valence-corrected chi connectivity index (χ0v) is 13.1. The molecule has 1 aliphatic rings. The van der Waals surface area contributed by atoms with Crippen LogP contribution in [-0.2, 0) is 6.42 Å². The molecule has 0 N–H and O–H groups in total. The smallest absolute Gasteiger partial charge is 0.0797 e. The quantitative estimate of drug-likeness (QED) is 0.806. The molecule has 2 heterocycles. The molecule has 1 atom stereocenters. The summed E-state index contributed by atoms with van der Waals surface area (Å²) in [7, 11) is 0. The predicted molar refractivity (Wildman–Crippen MR) is 87.6 cm³/mol. The van der Waals surface area contributed by atoms with Gasteiger partial charge in [0.2, 0.25) is 0 Å². The first-order chi connectivity index (χ1) is 9.79. The maximum Gasteiger partial charge on any atom is 0.0797 e. The van der Waals surface area contributed by atoms with Crippen LogP contribution >= 0.6 is 11.3 Å². The number of hydrogen-bond donors (Lipinski definition) is 0. The third kappa shape index (κ3) is 2.59. The first kappa shape index (κ1) is 13.6. The van der Waals surface area contributed by atoms with E-state index in [4.69, 9.17) is 0 Å². The molecule has 0 bridgehead atoms. The van der Waals surface area contributed by atoms with E-state index in [0.717, 1.165) is 0 Å². The van der Waals surface area contributed by atoms with Gasteiger partial charge in [0, 0.05) is 24.5 Å². The maximum absolute atomic E-state index is 4.19. The largest absolute Gasteiger partial charge is 0.369 e. The average Bonchev–Trinajstić information content (AvgIpc) is 3.00. The van der Waals surface area contributed by atoms with Gasteiger partial charge in [-0.3, -0.25) is 4.98 Å². The van der Waals surface area contributed by atoms with Crippen molar-refractivity contribution in [2.24, 2.45) is 0 Å². The minimum Gasteiger partial charge on any atom is -0.369 e. The van der Waals surface area contributed by atoms with Crippen LogP contribution in [0.15, 0.2) is 29.9 Å². The lowest BCUT2D eigenvalue weighted by Crippen LogP contribution is -2.37. The van der Waals surface area contributed by atoms with Gasteiger partial charge in [-0.2, -0.15) is 0 Å². The van der Waals surface area contributed by atoms with Gasteiger partial charge in [0.1, 0.15) is 0 Å². The highest BCUT2D eigenvalue weighted by Gasteiger charge is 2.21. The van der Waals surface area contributed by atoms with Gasteiger partial charge in [-0.25, -0.2) is 0 Å². The molecule has 0 radical (unpaired) electrons. The van der Waals surface area contributed by atoms with Gasteiger partial charge < -0.3 is 4.90 Å². The number of anilines is 1. The molecule has 1 aromatic carbocycles. The van der Waals surface area contributed by atoms with Gasteiger partial charge in [0.15, 0.2) is 0 Å². The first-order valence-electron chi connectivity index (χ1n) is 7.58. The van der Waals surface area contributed by atoms with Crippen LogP contribution in [0.1, 0.15) is 38.7 Å². The van der Waals surface area contributed by atoms with Crippen LogP contribution in [0.3, 0.4) is 0 Å². The van der Waals surface area contributed by atoms with Crippen molar-refractivity contribution in [3.8, 4) is 10.4 Å². The summed E-state index contributed by atoms with van der Waals surface area (Å²) in [6.07, 6.45) is 6.97. The second-order valence-corrected chi connectivity index (χ2v) is 6.53. The number of aryl methyl sites for hydroxylation is 1. The Morgan fingerprint density at radius 1 is 1.40 bits per heavy atom. The molecule has 3 rings (SSSR count).